The zero-order valence-corrected chi connectivity index (χ0v) is 10.5. The van der Waals surface area contributed by atoms with Gasteiger partial charge < -0.3 is 4.74 Å². The van der Waals surface area contributed by atoms with E-state index in [1.54, 1.807) is 0 Å². The Labute approximate surface area is 99.8 Å². The number of carbonyl (C=O) groups is 1. The Hall–Kier alpha value is 0.340. The van der Waals surface area contributed by atoms with Crippen molar-refractivity contribution < 1.29 is 9.53 Å². The van der Waals surface area contributed by atoms with Gasteiger partial charge in [-0.05, 0) is 6.42 Å². The summed E-state index contributed by atoms with van der Waals surface area (Å²) in [6, 6.07) is 0. The first-order chi connectivity index (χ1) is 6.45. The van der Waals surface area contributed by atoms with Gasteiger partial charge in [-0.2, -0.15) is 0 Å². The minimum atomic E-state index is -1.50. The third-order valence-corrected chi connectivity index (χ3v) is 1.96. The Morgan fingerprint density at radius 3 is 2.36 bits per heavy atom. The summed E-state index contributed by atoms with van der Waals surface area (Å²) >= 11 is 16.2. The second-order valence-corrected chi connectivity index (χ2v) is 5.60. The molecule has 0 aliphatic heterocycles. The molecule has 0 saturated carbocycles. The normalized spacial score (nSPS) is 11.4. The molecule has 5 heteroatoms. The van der Waals surface area contributed by atoms with Crippen molar-refractivity contribution in [1.29, 1.82) is 0 Å². The van der Waals surface area contributed by atoms with Gasteiger partial charge in [0.05, 0.1) is 0 Å². The summed E-state index contributed by atoms with van der Waals surface area (Å²) in [4.78, 5) is 11.1. The Balaban J connectivity index is 3.38. The zero-order valence-electron chi connectivity index (χ0n) is 8.19. The Kier molecular flexibility index (Phi) is 7.79. The van der Waals surface area contributed by atoms with Crippen molar-refractivity contribution in [1.82, 2.24) is 0 Å². The van der Waals surface area contributed by atoms with Crippen LogP contribution in [0.15, 0.2) is 0 Å². The van der Waals surface area contributed by atoms with Crippen LogP contribution in [0.5, 0.6) is 0 Å². The molecular weight excluding hydrogens is 246 g/mol. The largest absolute Gasteiger partial charge is 0.461 e. The summed E-state index contributed by atoms with van der Waals surface area (Å²) in [5.74, 6) is -0.299. The Bertz CT molecular complexity index is 166. The quantitative estimate of drug-likeness (QED) is 0.412. The van der Waals surface area contributed by atoms with Crippen LogP contribution in [0.2, 0.25) is 0 Å². The van der Waals surface area contributed by atoms with Gasteiger partial charge in [0.2, 0.25) is 3.79 Å². The monoisotopic (exact) mass is 260 g/mol. The maximum absolute atomic E-state index is 11.1. The van der Waals surface area contributed by atoms with E-state index in [2.05, 4.69) is 6.92 Å². The lowest BCUT2D eigenvalue weighted by Gasteiger charge is -2.10. The number of ether oxygens (including phenoxy) is 1. The van der Waals surface area contributed by atoms with Gasteiger partial charge in [0, 0.05) is 6.42 Å². The lowest BCUT2D eigenvalue weighted by molar-refractivity contribution is -0.143. The molecule has 0 amide bonds. The van der Waals surface area contributed by atoms with Crippen LogP contribution in [0, 0.1) is 0 Å². The van der Waals surface area contributed by atoms with E-state index in [4.69, 9.17) is 39.5 Å². The van der Waals surface area contributed by atoms with Crippen molar-refractivity contribution in [2.24, 2.45) is 0 Å². The second-order valence-electron chi connectivity index (χ2n) is 3.09. The van der Waals surface area contributed by atoms with E-state index in [1.165, 1.54) is 0 Å². The minimum absolute atomic E-state index is 0.176. The van der Waals surface area contributed by atoms with E-state index in [0.717, 1.165) is 25.7 Å². The Morgan fingerprint density at radius 1 is 1.21 bits per heavy atom. The van der Waals surface area contributed by atoms with Gasteiger partial charge in [-0.25, -0.2) is 0 Å². The van der Waals surface area contributed by atoms with Gasteiger partial charge in [0.15, 0.2) is 0 Å². The fourth-order valence-corrected chi connectivity index (χ4v) is 1.09. The molecule has 84 valence electrons. The maximum atomic E-state index is 11.1. The van der Waals surface area contributed by atoms with Crippen LogP contribution in [-0.4, -0.2) is 16.4 Å². The van der Waals surface area contributed by atoms with Gasteiger partial charge >= 0.3 is 5.97 Å². The van der Waals surface area contributed by atoms with E-state index in [1.807, 2.05) is 0 Å². The van der Waals surface area contributed by atoms with Crippen molar-refractivity contribution in [2.45, 2.75) is 42.8 Å². The highest BCUT2D eigenvalue weighted by Gasteiger charge is 2.21. The highest BCUT2D eigenvalue weighted by atomic mass is 35.6. The molecule has 0 unspecified atom stereocenters. The molecule has 14 heavy (non-hydrogen) atoms. The van der Waals surface area contributed by atoms with Crippen LogP contribution < -0.4 is 0 Å². The molecule has 0 heterocycles. The van der Waals surface area contributed by atoms with Crippen LogP contribution in [0.3, 0.4) is 0 Å². The van der Waals surface area contributed by atoms with Crippen molar-refractivity contribution in [2.75, 3.05) is 6.61 Å². The van der Waals surface area contributed by atoms with E-state index in [0.29, 0.717) is 6.42 Å². The summed E-state index contributed by atoms with van der Waals surface area (Å²) in [7, 11) is 0. The molecule has 0 aliphatic rings. The van der Waals surface area contributed by atoms with Gasteiger partial charge in [-0.3, -0.25) is 4.79 Å². The minimum Gasteiger partial charge on any atom is -0.461 e. The third-order valence-electron chi connectivity index (χ3n) is 1.63. The van der Waals surface area contributed by atoms with Gasteiger partial charge in [-0.1, -0.05) is 61.0 Å². The number of hydrogen-bond donors (Lipinski definition) is 0. The fourth-order valence-electron chi connectivity index (χ4n) is 0.931. The SMILES string of the molecule is CCCCCCC(=O)OCC(Cl)(Cl)Cl. The van der Waals surface area contributed by atoms with Crippen LogP contribution in [0.1, 0.15) is 39.0 Å². The molecule has 0 aromatic carbocycles. The third kappa shape index (κ3) is 10.4. The van der Waals surface area contributed by atoms with Gasteiger partial charge in [0.25, 0.3) is 0 Å². The van der Waals surface area contributed by atoms with Crippen molar-refractivity contribution in [3.8, 4) is 0 Å². The number of unbranched alkanes of at least 4 members (excludes halogenated alkanes) is 3. The van der Waals surface area contributed by atoms with E-state index >= 15 is 0 Å². The number of hydrogen-bond acceptors (Lipinski definition) is 2. The number of carbonyl (C=O) groups excluding carboxylic acids is 1. The molecule has 0 N–H and O–H groups in total. The molecule has 0 aromatic heterocycles. The first-order valence-electron chi connectivity index (χ1n) is 4.68. The van der Waals surface area contributed by atoms with E-state index in [-0.39, 0.29) is 12.6 Å². The highest BCUT2D eigenvalue weighted by molar-refractivity contribution is 6.67. The Morgan fingerprint density at radius 2 is 1.86 bits per heavy atom. The second kappa shape index (κ2) is 7.61. The van der Waals surface area contributed by atoms with Crippen LogP contribution in [0.25, 0.3) is 0 Å². The van der Waals surface area contributed by atoms with Crippen molar-refractivity contribution in [3.05, 3.63) is 0 Å². The lowest BCUT2D eigenvalue weighted by Crippen LogP contribution is -2.16. The highest BCUT2D eigenvalue weighted by Crippen LogP contribution is 2.26. The molecule has 0 radical (unpaired) electrons. The van der Waals surface area contributed by atoms with Crippen LogP contribution >= 0.6 is 34.8 Å². The van der Waals surface area contributed by atoms with Crippen molar-refractivity contribution >= 4 is 40.8 Å². The molecule has 0 spiro atoms. The summed E-state index contributed by atoms with van der Waals surface area (Å²) < 4.78 is 3.25. The van der Waals surface area contributed by atoms with Crippen LogP contribution in [0.4, 0.5) is 0 Å². The lowest BCUT2D eigenvalue weighted by atomic mass is 10.2. The number of esters is 1. The first kappa shape index (κ1) is 14.3. The molecule has 0 fully saturated rings. The van der Waals surface area contributed by atoms with Gasteiger partial charge in [-0.15, -0.1) is 0 Å². The van der Waals surface area contributed by atoms with Crippen LogP contribution in [-0.2, 0) is 9.53 Å². The molecule has 2 nitrogen and oxygen atoms in total. The topological polar surface area (TPSA) is 26.3 Å². The smallest absolute Gasteiger partial charge is 0.305 e. The summed E-state index contributed by atoms with van der Waals surface area (Å²) in [5.41, 5.74) is 0. The standard InChI is InChI=1S/C9H15Cl3O2/c1-2-3-4-5-6-8(13)14-7-9(10,11)12/h2-7H2,1H3. The van der Waals surface area contributed by atoms with E-state index in [9.17, 15) is 4.79 Å². The average Bonchev–Trinajstić information content (AvgIpc) is 2.08. The zero-order chi connectivity index (χ0) is 11.0. The molecule has 0 saturated heterocycles. The molecule has 0 bridgehead atoms. The molecule has 0 aromatic rings. The van der Waals surface area contributed by atoms with E-state index < -0.39 is 3.79 Å². The average molecular weight is 262 g/mol. The number of alkyl halides is 3. The maximum Gasteiger partial charge on any atom is 0.305 e. The fraction of sp³-hybridized carbons (Fsp3) is 0.889. The van der Waals surface area contributed by atoms with Crippen molar-refractivity contribution in [3.63, 3.8) is 0 Å². The van der Waals surface area contributed by atoms with Gasteiger partial charge in [0.1, 0.15) is 6.61 Å². The predicted molar refractivity (Wildman–Crippen MR) is 60.0 cm³/mol. The first-order valence-corrected chi connectivity index (χ1v) is 5.81. The number of halogens is 3. The summed E-state index contributed by atoms with van der Waals surface area (Å²) in [6.07, 6.45) is 4.56. The molecule has 0 rings (SSSR count). The predicted octanol–water partition coefficient (Wildman–Crippen LogP) is 3.87. The summed E-state index contributed by atoms with van der Waals surface area (Å²) in [5, 5.41) is 0. The molecule has 0 atom stereocenters. The molecule has 0 aliphatic carbocycles. The summed E-state index contributed by atoms with van der Waals surface area (Å²) in [6.45, 7) is 1.94. The number of rotatable bonds is 6. The molecular formula is C9H15Cl3O2.